The second-order valence-corrected chi connectivity index (χ2v) is 11.4. The van der Waals surface area contributed by atoms with Crippen LogP contribution in [0.15, 0.2) is 60.2 Å². The summed E-state index contributed by atoms with van der Waals surface area (Å²) in [6.45, 7) is 2.77. The quantitative estimate of drug-likeness (QED) is 0.0879. The van der Waals surface area contributed by atoms with Crippen LogP contribution in [0.3, 0.4) is 0 Å². The van der Waals surface area contributed by atoms with Crippen molar-refractivity contribution in [1.29, 1.82) is 0 Å². The van der Waals surface area contributed by atoms with Crippen molar-refractivity contribution >= 4 is 23.1 Å². The van der Waals surface area contributed by atoms with Crippen molar-refractivity contribution < 1.29 is 14.7 Å². The number of hydrogen-bond donors (Lipinski definition) is 1. The van der Waals surface area contributed by atoms with Crippen molar-refractivity contribution in [1.82, 2.24) is 4.90 Å². The van der Waals surface area contributed by atoms with Crippen LogP contribution in [0.2, 0.25) is 0 Å². The van der Waals surface area contributed by atoms with Gasteiger partial charge in [0, 0.05) is 31.9 Å². The molecule has 0 aliphatic carbocycles. The number of unbranched alkanes of at least 4 members (excludes halogenated alkanes) is 13. The number of hydrogen-bond acceptors (Lipinski definition) is 4. The molecule has 1 fully saturated rings. The molecule has 2 aromatic rings. The predicted molar refractivity (Wildman–Crippen MR) is 167 cm³/mol. The molecule has 1 heterocycles. The Kier molecular flexibility index (Phi) is 13.3. The molecular formula is C35H50N2O3. The molecule has 1 unspecified atom stereocenters. The number of carbonyl (C=O) groups excluding carboxylic acids is 2. The maximum atomic E-state index is 13.2. The van der Waals surface area contributed by atoms with Crippen molar-refractivity contribution in [2.75, 3.05) is 25.5 Å². The number of carbonyl (C=O) groups is 2. The van der Waals surface area contributed by atoms with Gasteiger partial charge in [-0.25, -0.2) is 0 Å². The maximum Gasteiger partial charge on any atom is 0.295 e. The fraction of sp³-hybridized carbons (Fsp3) is 0.543. The lowest BCUT2D eigenvalue weighted by Gasteiger charge is -2.26. The van der Waals surface area contributed by atoms with Gasteiger partial charge in [0.2, 0.25) is 0 Å². The van der Waals surface area contributed by atoms with E-state index in [1.807, 2.05) is 61.5 Å². The SMILES string of the molecule is CCCCCCCCCCCCCCCCN1C(=O)C(=O)/C(=C(/O)c2ccccc2)C1c1ccc(N(C)C)cc1. The number of ketones is 1. The first-order valence-electron chi connectivity index (χ1n) is 15.6. The summed E-state index contributed by atoms with van der Waals surface area (Å²) in [5, 5.41) is 11.2. The minimum absolute atomic E-state index is 0.107. The highest BCUT2D eigenvalue weighted by Crippen LogP contribution is 2.40. The topological polar surface area (TPSA) is 60.9 Å². The summed E-state index contributed by atoms with van der Waals surface area (Å²) in [5.74, 6) is -1.23. The van der Waals surface area contributed by atoms with Crippen LogP contribution in [0.5, 0.6) is 0 Å². The van der Waals surface area contributed by atoms with Gasteiger partial charge in [0.05, 0.1) is 11.6 Å². The van der Waals surface area contributed by atoms with Crippen LogP contribution in [-0.4, -0.2) is 42.3 Å². The van der Waals surface area contributed by atoms with E-state index in [1.54, 1.807) is 17.0 Å². The van der Waals surface area contributed by atoms with Crippen LogP contribution in [0, 0.1) is 0 Å². The third-order valence-electron chi connectivity index (χ3n) is 8.06. The van der Waals surface area contributed by atoms with Crippen molar-refractivity contribution in [2.45, 2.75) is 103 Å². The number of Topliss-reactive ketones (excluding diaryl/α,β-unsaturated/α-hetero) is 1. The van der Waals surface area contributed by atoms with Crippen LogP contribution in [0.1, 0.15) is 114 Å². The van der Waals surface area contributed by atoms with Crippen molar-refractivity contribution in [2.24, 2.45) is 0 Å². The molecule has 0 spiro atoms. The summed E-state index contributed by atoms with van der Waals surface area (Å²) in [6, 6.07) is 16.4. The van der Waals surface area contributed by atoms with Crippen molar-refractivity contribution in [3.63, 3.8) is 0 Å². The minimum Gasteiger partial charge on any atom is -0.507 e. The normalized spacial score (nSPS) is 16.6. The molecule has 1 N–H and O–H groups in total. The number of rotatable bonds is 18. The molecule has 0 aromatic heterocycles. The Labute approximate surface area is 242 Å². The van der Waals surface area contributed by atoms with Gasteiger partial charge >= 0.3 is 0 Å². The van der Waals surface area contributed by atoms with E-state index in [-0.39, 0.29) is 11.3 Å². The second-order valence-electron chi connectivity index (χ2n) is 11.4. The van der Waals surface area contributed by atoms with Gasteiger partial charge in [-0.05, 0) is 24.1 Å². The fourth-order valence-corrected chi connectivity index (χ4v) is 5.64. The Morgan fingerprint density at radius 3 is 1.73 bits per heavy atom. The van der Waals surface area contributed by atoms with Gasteiger partial charge in [0.1, 0.15) is 5.76 Å². The number of anilines is 1. The molecule has 1 saturated heterocycles. The third kappa shape index (κ3) is 8.97. The number of aliphatic hydroxyl groups excluding tert-OH is 1. The number of nitrogens with zero attached hydrogens (tertiary/aromatic N) is 2. The highest BCUT2D eigenvalue weighted by atomic mass is 16.3. The molecule has 0 radical (unpaired) electrons. The smallest absolute Gasteiger partial charge is 0.295 e. The van der Waals surface area contributed by atoms with E-state index in [2.05, 4.69) is 6.92 Å². The lowest BCUT2D eigenvalue weighted by atomic mass is 9.95. The monoisotopic (exact) mass is 546 g/mol. The summed E-state index contributed by atoms with van der Waals surface area (Å²) >= 11 is 0. The average Bonchev–Trinajstić information content (AvgIpc) is 3.22. The molecule has 1 aliphatic rings. The van der Waals surface area contributed by atoms with Gasteiger partial charge in [0.15, 0.2) is 0 Å². The Morgan fingerprint density at radius 1 is 0.725 bits per heavy atom. The van der Waals surface area contributed by atoms with Crippen molar-refractivity contribution in [3.05, 3.63) is 71.3 Å². The lowest BCUT2D eigenvalue weighted by molar-refractivity contribution is -0.139. The zero-order valence-corrected chi connectivity index (χ0v) is 25.0. The first-order chi connectivity index (χ1) is 19.5. The Bertz CT molecular complexity index is 1080. The molecule has 1 atom stereocenters. The van der Waals surface area contributed by atoms with Crippen LogP contribution in [0.25, 0.3) is 5.76 Å². The second kappa shape index (κ2) is 16.9. The number of aliphatic hydroxyl groups is 1. The van der Waals surface area contributed by atoms with E-state index in [1.165, 1.54) is 70.6 Å². The number of likely N-dealkylation sites (tertiary alicyclic amines) is 1. The van der Waals surface area contributed by atoms with Crippen molar-refractivity contribution in [3.8, 4) is 0 Å². The molecule has 40 heavy (non-hydrogen) atoms. The van der Waals surface area contributed by atoms with Crippen LogP contribution < -0.4 is 4.90 Å². The van der Waals surface area contributed by atoms with E-state index >= 15 is 0 Å². The molecule has 5 nitrogen and oxygen atoms in total. The Balaban J connectivity index is 1.55. The first-order valence-corrected chi connectivity index (χ1v) is 15.6. The van der Waals surface area contributed by atoms with Gasteiger partial charge in [-0.1, -0.05) is 133 Å². The van der Waals surface area contributed by atoms with E-state index in [0.717, 1.165) is 30.5 Å². The summed E-state index contributed by atoms with van der Waals surface area (Å²) in [5.41, 5.74) is 2.61. The predicted octanol–water partition coefficient (Wildman–Crippen LogP) is 8.66. The fourth-order valence-electron chi connectivity index (χ4n) is 5.64. The maximum absolute atomic E-state index is 13.2. The Hall–Kier alpha value is -3.08. The number of amides is 1. The zero-order valence-electron chi connectivity index (χ0n) is 25.0. The summed E-state index contributed by atoms with van der Waals surface area (Å²) in [7, 11) is 3.96. The van der Waals surface area contributed by atoms with E-state index < -0.39 is 17.7 Å². The Morgan fingerprint density at radius 2 is 1.23 bits per heavy atom. The van der Waals surface area contributed by atoms with Crippen LogP contribution >= 0.6 is 0 Å². The van der Waals surface area contributed by atoms with E-state index in [4.69, 9.17) is 0 Å². The molecule has 0 saturated carbocycles. The highest BCUT2D eigenvalue weighted by molar-refractivity contribution is 6.46. The largest absolute Gasteiger partial charge is 0.507 e. The van der Waals surface area contributed by atoms with Gasteiger partial charge in [-0.15, -0.1) is 0 Å². The molecule has 1 aliphatic heterocycles. The summed E-state index contributed by atoms with van der Waals surface area (Å²) < 4.78 is 0. The van der Waals surface area contributed by atoms with Gasteiger partial charge in [0.25, 0.3) is 11.7 Å². The molecule has 0 bridgehead atoms. The van der Waals surface area contributed by atoms with Crippen LogP contribution in [0.4, 0.5) is 5.69 Å². The zero-order chi connectivity index (χ0) is 28.7. The van der Waals surface area contributed by atoms with Gasteiger partial charge < -0.3 is 14.9 Å². The minimum atomic E-state index is -0.603. The summed E-state index contributed by atoms with van der Waals surface area (Å²) in [4.78, 5) is 30.1. The standard InChI is InChI=1S/C35H50N2O3/c1-4-5-6-7-8-9-10-11-12-13-14-15-16-20-27-37-32(28-23-25-30(26-24-28)36(2)3)31(34(39)35(37)40)33(38)29-21-18-17-19-22-29/h17-19,21-26,32,38H,4-16,20,27H2,1-3H3/b33-31+. The van der Waals surface area contributed by atoms with Crippen LogP contribution in [-0.2, 0) is 9.59 Å². The average molecular weight is 547 g/mol. The molecule has 2 aromatic carbocycles. The molecule has 3 rings (SSSR count). The van der Waals surface area contributed by atoms with E-state index in [9.17, 15) is 14.7 Å². The molecular weight excluding hydrogens is 496 g/mol. The number of benzene rings is 2. The first kappa shape index (κ1) is 31.4. The molecule has 1 amide bonds. The van der Waals surface area contributed by atoms with Gasteiger partial charge in [-0.2, -0.15) is 0 Å². The van der Waals surface area contributed by atoms with Gasteiger partial charge in [-0.3, -0.25) is 9.59 Å². The lowest BCUT2D eigenvalue weighted by Crippen LogP contribution is -2.30. The van der Waals surface area contributed by atoms with E-state index in [0.29, 0.717) is 12.1 Å². The summed E-state index contributed by atoms with van der Waals surface area (Å²) in [6.07, 6.45) is 17.8. The third-order valence-corrected chi connectivity index (χ3v) is 8.06. The molecule has 5 heteroatoms. The molecule has 218 valence electrons. The highest BCUT2D eigenvalue weighted by Gasteiger charge is 2.45.